The molecule has 1 amide bonds. The van der Waals surface area contributed by atoms with Crippen LogP contribution in [0.5, 0.6) is 5.75 Å². The summed E-state index contributed by atoms with van der Waals surface area (Å²) in [6, 6.07) is 13.9. The number of hydrogen-bond donors (Lipinski definition) is 2. The molecule has 0 unspecified atom stereocenters. The third-order valence-corrected chi connectivity index (χ3v) is 5.58. The van der Waals surface area contributed by atoms with E-state index < -0.39 is 5.97 Å². The Morgan fingerprint density at radius 2 is 1.78 bits per heavy atom. The van der Waals surface area contributed by atoms with Gasteiger partial charge in [-0.05, 0) is 47.9 Å². The maximum Gasteiger partial charge on any atom is 0.335 e. The van der Waals surface area contributed by atoms with E-state index in [0.717, 1.165) is 23.7 Å². The Hall–Kier alpha value is -3.33. The Labute approximate surface area is 191 Å². The van der Waals surface area contributed by atoms with E-state index in [4.69, 9.17) is 9.84 Å². The summed E-state index contributed by atoms with van der Waals surface area (Å²) >= 11 is 1.33. The molecule has 0 aliphatic rings. The van der Waals surface area contributed by atoms with Gasteiger partial charge in [-0.2, -0.15) is 0 Å². The molecule has 2 N–H and O–H groups in total. The van der Waals surface area contributed by atoms with Crippen LogP contribution in [0.4, 0.5) is 5.69 Å². The molecule has 0 saturated carbocycles. The molecule has 0 radical (unpaired) electrons. The van der Waals surface area contributed by atoms with Gasteiger partial charge in [-0.15, -0.1) is 10.2 Å². The predicted molar refractivity (Wildman–Crippen MR) is 123 cm³/mol. The largest absolute Gasteiger partial charge is 0.497 e. The van der Waals surface area contributed by atoms with Crippen LogP contribution in [0.15, 0.2) is 53.7 Å². The van der Waals surface area contributed by atoms with Crippen LogP contribution in [0.25, 0.3) is 0 Å². The number of nitrogens with one attached hydrogen (secondary N) is 1. The Kier molecular flexibility index (Phi) is 7.88. The highest BCUT2D eigenvalue weighted by Gasteiger charge is 2.16. The van der Waals surface area contributed by atoms with Crippen LogP contribution in [-0.2, 0) is 17.8 Å². The molecule has 1 heterocycles. The molecule has 3 aromatic rings. The first kappa shape index (κ1) is 23.3. The fraction of sp³-hybridized carbons (Fsp3) is 0.304. The number of rotatable bonds is 10. The van der Waals surface area contributed by atoms with Crippen molar-refractivity contribution in [3.05, 3.63) is 65.5 Å². The van der Waals surface area contributed by atoms with Crippen molar-refractivity contribution in [3.63, 3.8) is 0 Å². The second-order valence-electron chi connectivity index (χ2n) is 7.65. The minimum atomic E-state index is -1.01. The number of benzene rings is 2. The van der Waals surface area contributed by atoms with Crippen molar-refractivity contribution in [3.8, 4) is 5.75 Å². The van der Waals surface area contributed by atoms with Crippen molar-refractivity contribution in [2.45, 2.75) is 32.0 Å². The van der Waals surface area contributed by atoms with Gasteiger partial charge in [-0.3, -0.25) is 4.79 Å². The zero-order valence-electron chi connectivity index (χ0n) is 18.2. The zero-order valence-corrected chi connectivity index (χ0v) is 19.1. The first-order chi connectivity index (χ1) is 15.4. The summed E-state index contributed by atoms with van der Waals surface area (Å²) in [7, 11) is 1.64. The van der Waals surface area contributed by atoms with Gasteiger partial charge in [0.15, 0.2) is 5.16 Å². The van der Waals surface area contributed by atoms with Gasteiger partial charge in [0.1, 0.15) is 11.6 Å². The number of aromatic carboxylic acids is 1. The highest BCUT2D eigenvalue weighted by Crippen LogP contribution is 2.22. The normalized spacial score (nSPS) is 10.9. The number of amides is 1. The highest BCUT2D eigenvalue weighted by atomic mass is 32.2. The minimum Gasteiger partial charge on any atom is -0.497 e. The molecule has 0 spiro atoms. The Morgan fingerprint density at radius 1 is 1.09 bits per heavy atom. The van der Waals surface area contributed by atoms with Gasteiger partial charge in [-0.25, -0.2) is 4.79 Å². The van der Waals surface area contributed by atoms with E-state index >= 15 is 0 Å². The molecule has 0 aliphatic carbocycles. The fourth-order valence-electron chi connectivity index (χ4n) is 3.05. The average Bonchev–Trinajstić information content (AvgIpc) is 3.13. The summed E-state index contributed by atoms with van der Waals surface area (Å²) in [4.78, 5) is 23.3. The van der Waals surface area contributed by atoms with E-state index in [1.807, 2.05) is 24.3 Å². The van der Waals surface area contributed by atoms with Gasteiger partial charge in [0.2, 0.25) is 5.91 Å². The van der Waals surface area contributed by atoms with Crippen molar-refractivity contribution < 1.29 is 19.4 Å². The molecule has 0 saturated heterocycles. The Balaban J connectivity index is 1.65. The van der Waals surface area contributed by atoms with Gasteiger partial charge in [0.05, 0.1) is 18.4 Å². The van der Waals surface area contributed by atoms with E-state index in [1.165, 1.54) is 23.9 Å². The van der Waals surface area contributed by atoms with Crippen molar-refractivity contribution in [1.82, 2.24) is 14.8 Å². The average molecular weight is 455 g/mol. The van der Waals surface area contributed by atoms with Crippen LogP contribution in [0.1, 0.15) is 35.6 Å². The standard InChI is InChI=1S/C23H26N4O4S/c1-15(2)13-27-20(12-16-4-10-19(31-3)11-5-16)25-26-23(27)32-14-21(28)24-18-8-6-17(7-9-18)22(29)30/h4-11,15H,12-14H2,1-3H3,(H,24,28)(H,29,30). The third kappa shape index (κ3) is 6.34. The van der Waals surface area contributed by atoms with Crippen LogP contribution in [-0.4, -0.2) is 44.6 Å². The number of aromatic nitrogens is 3. The van der Waals surface area contributed by atoms with Crippen molar-refractivity contribution in [2.24, 2.45) is 5.92 Å². The zero-order chi connectivity index (χ0) is 23.1. The van der Waals surface area contributed by atoms with Crippen LogP contribution >= 0.6 is 11.8 Å². The van der Waals surface area contributed by atoms with E-state index in [0.29, 0.717) is 23.2 Å². The van der Waals surface area contributed by atoms with Gasteiger partial charge < -0.3 is 19.7 Å². The highest BCUT2D eigenvalue weighted by molar-refractivity contribution is 7.99. The van der Waals surface area contributed by atoms with Crippen LogP contribution in [0, 0.1) is 5.92 Å². The summed E-state index contributed by atoms with van der Waals surface area (Å²) in [5.41, 5.74) is 1.82. The lowest BCUT2D eigenvalue weighted by Gasteiger charge is -2.13. The topological polar surface area (TPSA) is 106 Å². The molecule has 32 heavy (non-hydrogen) atoms. The van der Waals surface area contributed by atoms with Gasteiger partial charge in [0, 0.05) is 18.7 Å². The number of carbonyl (C=O) groups is 2. The number of carboxylic acid groups (broad SMARTS) is 1. The van der Waals surface area contributed by atoms with E-state index in [-0.39, 0.29) is 17.2 Å². The SMILES string of the molecule is COc1ccc(Cc2nnc(SCC(=O)Nc3ccc(C(=O)O)cc3)n2CC(C)C)cc1. The lowest BCUT2D eigenvalue weighted by atomic mass is 10.1. The quantitative estimate of drug-likeness (QED) is 0.447. The lowest BCUT2D eigenvalue weighted by Crippen LogP contribution is -2.15. The summed E-state index contributed by atoms with van der Waals surface area (Å²) in [6.07, 6.45) is 0.631. The number of carboxylic acids is 1. The van der Waals surface area contributed by atoms with E-state index in [9.17, 15) is 9.59 Å². The lowest BCUT2D eigenvalue weighted by molar-refractivity contribution is -0.113. The molecule has 0 atom stereocenters. The summed E-state index contributed by atoms with van der Waals surface area (Å²) in [5, 5.41) is 21.1. The molecule has 8 nitrogen and oxygen atoms in total. The number of carbonyl (C=O) groups excluding carboxylic acids is 1. The van der Waals surface area contributed by atoms with Crippen LogP contribution < -0.4 is 10.1 Å². The minimum absolute atomic E-state index is 0.166. The van der Waals surface area contributed by atoms with Gasteiger partial charge >= 0.3 is 5.97 Å². The number of nitrogens with zero attached hydrogens (tertiary/aromatic N) is 3. The second-order valence-corrected chi connectivity index (χ2v) is 8.59. The second kappa shape index (κ2) is 10.8. The summed E-state index contributed by atoms with van der Waals surface area (Å²) in [5.74, 6) is 0.997. The molecule has 0 bridgehead atoms. The predicted octanol–water partition coefficient (Wildman–Crippen LogP) is 3.96. The number of anilines is 1. The molecular weight excluding hydrogens is 428 g/mol. The third-order valence-electron chi connectivity index (χ3n) is 4.61. The number of hydrogen-bond acceptors (Lipinski definition) is 6. The molecule has 2 aromatic carbocycles. The summed E-state index contributed by atoms with van der Waals surface area (Å²) < 4.78 is 7.28. The molecule has 9 heteroatoms. The fourth-order valence-corrected chi connectivity index (χ4v) is 3.82. The van der Waals surface area contributed by atoms with Crippen LogP contribution in [0.2, 0.25) is 0 Å². The van der Waals surface area contributed by atoms with Crippen molar-refractivity contribution in [2.75, 3.05) is 18.2 Å². The van der Waals surface area contributed by atoms with Gasteiger partial charge in [0.25, 0.3) is 0 Å². The molecule has 1 aromatic heterocycles. The Morgan fingerprint density at radius 3 is 2.38 bits per heavy atom. The molecule has 0 fully saturated rings. The Bertz CT molecular complexity index is 1060. The van der Waals surface area contributed by atoms with Gasteiger partial charge in [-0.1, -0.05) is 37.7 Å². The number of methoxy groups -OCH3 is 1. The maximum atomic E-state index is 12.4. The van der Waals surface area contributed by atoms with E-state index in [2.05, 4.69) is 33.9 Å². The van der Waals surface area contributed by atoms with Crippen LogP contribution in [0.3, 0.4) is 0 Å². The molecule has 0 aliphatic heterocycles. The molecular formula is C23H26N4O4S. The molecule has 168 valence electrons. The number of thioether (sulfide) groups is 1. The van der Waals surface area contributed by atoms with Crippen molar-refractivity contribution >= 4 is 29.3 Å². The first-order valence-corrected chi connectivity index (χ1v) is 11.1. The summed E-state index contributed by atoms with van der Waals surface area (Å²) in [6.45, 7) is 5.00. The molecule has 3 rings (SSSR count). The maximum absolute atomic E-state index is 12.4. The first-order valence-electron chi connectivity index (χ1n) is 10.2. The van der Waals surface area contributed by atoms with Crippen molar-refractivity contribution in [1.29, 1.82) is 0 Å². The monoisotopic (exact) mass is 454 g/mol. The number of ether oxygens (including phenoxy) is 1. The van der Waals surface area contributed by atoms with E-state index in [1.54, 1.807) is 19.2 Å². The smallest absolute Gasteiger partial charge is 0.335 e.